The third-order valence-corrected chi connectivity index (χ3v) is 7.24. The summed E-state index contributed by atoms with van der Waals surface area (Å²) in [7, 11) is 0. The van der Waals surface area contributed by atoms with E-state index in [-0.39, 0.29) is 11.1 Å². The number of benzene rings is 2. The standard InChI is InChI=1S/C29H32N2O2S/c1-4-5-10-24-14-16-26(17-15-24)31-21(2)19-25(22(31)3)20-27-28(32)30(29(33)34-27)18-9-13-23-11-7-6-8-12-23/h6-8,11-12,14-17,19-20H,4-5,9-10,13,18H2,1-3H3/b27-20+. The van der Waals surface area contributed by atoms with Crippen molar-refractivity contribution in [2.45, 2.75) is 52.9 Å². The Hall–Kier alpha value is -3.05. The number of aromatic nitrogens is 1. The Morgan fingerprint density at radius 3 is 2.26 bits per heavy atom. The van der Waals surface area contributed by atoms with E-state index in [4.69, 9.17) is 0 Å². The Balaban J connectivity index is 1.47. The lowest BCUT2D eigenvalue weighted by atomic mass is 10.1. The molecule has 0 spiro atoms. The molecule has 0 N–H and O–H groups in total. The lowest BCUT2D eigenvalue weighted by Crippen LogP contribution is -2.29. The Morgan fingerprint density at radius 1 is 0.882 bits per heavy atom. The highest BCUT2D eigenvalue weighted by Crippen LogP contribution is 2.34. The molecule has 1 fully saturated rings. The van der Waals surface area contributed by atoms with Gasteiger partial charge in [-0.1, -0.05) is 55.8 Å². The van der Waals surface area contributed by atoms with Crippen molar-refractivity contribution >= 4 is 29.0 Å². The van der Waals surface area contributed by atoms with Gasteiger partial charge in [0.05, 0.1) is 4.91 Å². The molecule has 176 valence electrons. The van der Waals surface area contributed by atoms with Gasteiger partial charge in [0.2, 0.25) is 0 Å². The first-order valence-electron chi connectivity index (χ1n) is 12.1. The van der Waals surface area contributed by atoms with Crippen molar-refractivity contribution < 1.29 is 9.59 Å². The molecule has 34 heavy (non-hydrogen) atoms. The third kappa shape index (κ3) is 5.36. The number of unbranched alkanes of at least 4 members (excludes halogenated alkanes) is 1. The predicted octanol–water partition coefficient (Wildman–Crippen LogP) is 7.11. The van der Waals surface area contributed by atoms with Crippen LogP contribution in [0, 0.1) is 13.8 Å². The quantitative estimate of drug-likeness (QED) is 0.312. The van der Waals surface area contributed by atoms with Crippen LogP contribution in [-0.4, -0.2) is 27.2 Å². The van der Waals surface area contributed by atoms with Gasteiger partial charge in [0.1, 0.15) is 0 Å². The molecule has 0 radical (unpaired) electrons. The van der Waals surface area contributed by atoms with E-state index in [1.165, 1.54) is 28.9 Å². The summed E-state index contributed by atoms with van der Waals surface area (Å²) in [6, 6.07) is 21.0. The van der Waals surface area contributed by atoms with E-state index >= 15 is 0 Å². The molecule has 5 heteroatoms. The molecular formula is C29H32N2O2S. The van der Waals surface area contributed by atoms with Crippen molar-refractivity contribution in [2.24, 2.45) is 0 Å². The number of hydrogen-bond acceptors (Lipinski definition) is 3. The van der Waals surface area contributed by atoms with E-state index in [0.717, 1.165) is 53.7 Å². The highest BCUT2D eigenvalue weighted by atomic mass is 32.2. The van der Waals surface area contributed by atoms with Crippen LogP contribution in [0.1, 0.15) is 54.3 Å². The van der Waals surface area contributed by atoms with Crippen molar-refractivity contribution in [1.29, 1.82) is 0 Å². The van der Waals surface area contributed by atoms with Crippen LogP contribution >= 0.6 is 11.8 Å². The maximum absolute atomic E-state index is 13.0. The topological polar surface area (TPSA) is 42.3 Å². The average Bonchev–Trinajstić information content (AvgIpc) is 3.27. The van der Waals surface area contributed by atoms with Gasteiger partial charge in [0, 0.05) is 23.6 Å². The zero-order valence-electron chi connectivity index (χ0n) is 20.2. The second-order valence-corrected chi connectivity index (χ2v) is 9.85. The Morgan fingerprint density at radius 2 is 1.56 bits per heavy atom. The molecule has 0 atom stereocenters. The number of aryl methyl sites for hydroxylation is 3. The molecule has 3 aromatic rings. The van der Waals surface area contributed by atoms with Gasteiger partial charge in [-0.25, -0.2) is 0 Å². The summed E-state index contributed by atoms with van der Waals surface area (Å²) >= 11 is 1.04. The molecule has 0 unspecified atom stereocenters. The smallest absolute Gasteiger partial charge is 0.293 e. The van der Waals surface area contributed by atoms with E-state index in [1.54, 1.807) is 0 Å². The zero-order chi connectivity index (χ0) is 24.1. The summed E-state index contributed by atoms with van der Waals surface area (Å²) in [5.74, 6) is -0.187. The number of nitrogens with zero attached hydrogens (tertiary/aromatic N) is 2. The molecule has 2 amide bonds. The van der Waals surface area contributed by atoms with Gasteiger partial charge in [-0.05, 0) is 92.3 Å². The van der Waals surface area contributed by atoms with Crippen LogP contribution in [0.4, 0.5) is 4.79 Å². The van der Waals surface area contributed by atoms with Crippen LogP contribution in [0.3, 0.4) is 0 Å². The van der Waals surface area contributed by atoms with E-state index in [1.807, 2.05) is 24.3 Å². The number of thioether (sulfide) groups is 1. The maximum atomic E-state index is 13.0. The molecule has 0 aliphatic carbocycles. The summed E-state index contributed by atoms with van der Waals surface area (Å²) < 4.78 is 2.21. The highest BCUT2D eigenvalue weighted by molar-refractivity contribution is 8.18. The fourth-order valence-electron chi connectivity index (χ4n) is 4.44. The highest BCUT2D eigenvalue weighted by Gasteiger charge is 2.34. The molecule has 2 aromatic carbocycles. The van der Waals surface area contributed by atoms with Crippen molar-refractivity contribution in [1.82, 2.24) is 9.47 Å². The van der Waals surface area contributed by atoms with Gasteiger partial charge in [-0.2, -0.15) is 0 Å². The molecule has 1 aromatic heterocycles. The molecule has 0 bridgehead atoms. The SMILES string of the molecule is CCCCc1ccc(-n2c(C)cc(/C=C3/SC(=O)N(CCCc4ccccc4)C3=O)c2C)cc1. The third-order valence-electron chi connectivity index (χ3n) is 6.33. The molecule has 1 aliphatic rings. The minimum absolute atomic E-state index is 0.180. The van der Waals surface area contributed by atoms with E-state index in [2.05, 4.69) is 67.8 Å². The van der Waals surface area contributed by atoms with Gasteiger partial charge < -0.3 is 4.57 Å². The number of amides is 2. The van der Waals surface area contributed by atoms with Gasteiger partial charge in [0.25, 0.3) is 11.1 Å². The molecule has 1 aliphatic heterocycles. The summed E-state index contributed by atoms with van der Waals surface area (Å²) in [6.07, 6.45) is 6.98. The molecule has 4 nitrogen and oxygen atoms in total. The largest absolute Gasteiger partial charge is 0.318 e. The minimum atomic E-state index is -0.187. The maximum Gasteiger partial charge on any atom is 0.293 e. The molecule has 4 rings (SSSR count). The summed E-state index contributed by atoms with van der Waals surface area (Å²) in [5, 5.41) is -0.180. The van der Waals surface area contributed by atoms with Gasteiger partial charge >= 0.3 is 0 Å². The van der Waals surface area contributed by atoms with E-state index in [9.17, 15) is 9.59 Å². The Labute approximate surface area is 206 Å². The lowest BCUT2D eigenvalue weighted by molar-refractivity contribution is -0.122. The number of rotatable bonds is 9. The minimum Gasteiger partial charge on any atom is -0.318 e. The monoisotopic (exact) mass is 472 g/mol. The predicted molar refractivity (Wildman–Crippen MR) is 141 cm³/mol. The normalized spacial score (nSPS) is 15.0. The summed E-state index contributed by atoms with van der Waals surface area (Å²) in [4.78, 5) is 27.4. The average molecular weight is 473 g/mol. The Kier molecular flexibility index (Phi) is 7.73. The van der Waals surface area contributed by atoms with Crippen LogP contribution in [0.15, 0.2) is 65.6 Å². The van der Waals surface area contributed by atoms with Crippen molar-refractivity contribution in [3.8, 4) is 5.69 Å². The van der Waals surface area contributed by atoms with Crippen molar-refractivity contribution in [3.63, 3.8) is 0 Å². The van der Waals surface area contributed by atoms with Crippen LogP contribution < -0.4 is 0 Å². The van der Waals surface area contributed by atoms with Crippen LogP contribution in [0.5, 0.6) is 0 Å². The number of hydrogen-bond donors (Lipinski definition) is 0. The molecule has 0 saturated carbocycles. The first-order valence-corrected chi connectivity index (χ1v) is 12.9. The second-order valence-electron chi connectivity index (χ2n) is 8.85. The Bertz CT molecular complexity index is 1190. The molecule has 1 saturated heterocycles. The van der Waals surface area contributed by atoms with E-state index < -0.39 is 0 Å². The fraction of sp³-hybridized carbons (Fsp3) is 0.310. The summed E-state index contributed by atoms with van der Waals surface area (Å²) in [6.45, 7) is 6.79. The van der Waals surface area contributed by atoms with E-state index in [0.29, 0.717) is 11.4 Å². The van der Waals surface area contributed by atoms with Crippen molar-refractivity contribution in [3.05, 3.63) is 93.6 Å². The summed E-state index contributed by atoms with van der Waals surface area (Å²) in [5.41, 5.74) is 6.83. The number of imide groups is 1. The lowest BCUT2D eigenvalue weighted by Gasteiger charge is -2.12. The van der Waals surface area contributed by atoms with Gasteiger partial charge in [0.15, 0.2) is 0 Å². The first kappa shape index (κ1) is 24.1. The van der Waals surface area contributed by atoms with Crippen LogP contribution in [0.2, 0.25) is 0 Å². The zero-order valence-corrected chi connectivity index (χ0v) is 21.0. The first-order chi connectivity index (χ1) is 16.5. The molecular weight excluding hydrogens is 440 g/mol. The van der Waals surface area contributed by atoms with Gasteiger partial charge in [-0.15, -0.1) is 0 Å². The number of carbonyl (C=O) groups is 2. The number of carbonyl (C=O) groups excluding carboxylic acids is 2. The molecule has 2 heterocycles. The van der Waals surface area contributed by atoms with Gasteiger partial charge in [-0.3, -0.25) is 14.5 Å². The fourth-order valence-corrected chi connectivity index (χ4v) is 5.30. The second kappa shape index (κ2) is 10.9. The van der Waals surface area contributed by atoms with Crippen LogP contribution in [-0.2, 0) is 17.6 Å². The van der Waals surface area contributed by atoms with Crippen LogP contribution in [0.25, 0.3) is 11.8 Å². The van der Waals surface area contributed by atoms with Crippen molar-refractivity contribution in [2.75, 3.05) is 6.54 Å².